The van der Waals surface area contributed by atoms with Gasteiger partial charge in [0.05, 0.1) is 23.3 Å². The van der Waals surface area contributed by atoms with Crippen molar-refractivity contribution in [1.82, 2.24) is 0 Å². The van der Waals surface area contributed by atoms with Crippen LogP contribution in [0.25, 0.3) is 0 Å². The number of nitriles is 2. The Labute approximate surface area is 208 Å². The minimum Gasteiger partial charge on any atom is -0.406 e. The van der Waals surface area contributed by atoms with Crippen LogP contribution in [0.2, 0.25) is 0 Å². The summed E-state index contributed by atoms with van der Waals surface area (Å²) in [6, 6.07) is 25.1. The Morgan fingerprint density at radius 2 is 1.28 bits per heavy atom. The standard InChI is InChI=1S/C20H20N4O.C7H5F3O/c1-3-13-24(19-11-7-17(15-22)8-12-19)20(25)23(4-2)18-9-5-16(14-21)6-10-18;8-7(9,10)11-6-4-2-1-3-5-6/h5-12H,3-4,13H2,1-2H3;1-5H. The summed E-state index contributed by atoms with van der Waals surface area (Å²) in [5.74, 6) is -0.194. The minimum atomic E-state index is -4.60. The number of carbonyl (C=O) groups is 1. The maximum absolute atomic E-state index is 13.1. The van der Waals surface area contributed by atoms with Crippen LogP contribution in [0.5, 0.6) is 5.75 Å². The maximum Gasteiger partial charge on any atom is 0.573 e. The molecule has 0 N–H and O–H groups in total. The lowest BCUT2D eigenvalue weighted by Crippen LogP contribution is -2.44. The molecule has 0 saturated carbocycles. The average molecular weight is 495 g/mol. The van der Waals surface area contributed by atoms with Gasteiger partial charge in [-0.05, 0) is 74.0 Å². The van der Waals surface area contributed by atoms with Crippen molar-refractivity contribution in [2.24, 2.45) is 0 Å². The van der Waals surface area contributed by atoms with E-state index in [0.29, 0.717) is 24.2 Å². The molecular weight excluding hydrogens is 469 g/mol. The largest absolute Gasteiger partial charge is 0.573 e. The van der Waals surface area contributed by atoms with Crippen LogP contribution < -0.4 is 14.5 Å². The smallest absolute Gasteiger partial charge is 0.406 e. The lowest BCUT2D eigenvalue weighted by molar-refractivity contribution is -0.274. The van der Waals surface area contributed by atoms with Crippen LogP contribution >= 0.6 is 0 Å². The second kappa shape index (κ2) is 13.4. The Morgan fingerprint density at radius 1 is 0.806 bits per heavy atom. The van der Waals surface area contributed by atoms with Crippen LogP contribution in [0.3, 0.4) is 0 Å². The van der Waals surface area contributed by atoms with Crippen LogP contribution in [-0.2, 0) is 0 Å². The van der Waals surface area contributed by atoms with Gasteiger partial charge in [0.1, 0.15) is 5.75 Å². The molecule has 3 aromatic rings. The number of alkyl halides is 3. The first kappa shape index (κ1) is 27.7. The van der Waals surface area contributed by atoms with E-state index in [4.69, 9.17) is 10.5 Å². The van der Waals surface area contributed by atoms with E-state index in [1.807, 2.05) is 13.8 Å². The van der Waals surface area contributed by atoms with Gasteiger partial charge < -0.3 is 4.74 Å². The van der Waals surface area contributed by atoms with Crippen LogP contribution in [0.4, 0.5) is 29.3 Å². The molecule has 2 amide bonds. The zero-order chi connectivity index (χ0) is 26.6. The molecule has 0 aliphatic carbocycles. The number of carbonyl (C=O) groups excluding carboxylic acids is 1. The van der Waals surface area contributed by atoms with Crippen molar-refractivity contribution < 1.29 is 22.7 Å². The topological polar surface area (TPSA) is 80.4 Å². The number of hydrogen-bond donors (Lipinski definition) is 0. The van der Waals surface area contributed by atoms with Gasteiger partial charge in [-0.1, -0.05) is 25.1 Å². The highest BCUT2D eigenvalue weighted by molar-refractivity contribution is 6.03. The minimum absolute atomic E-state index is 0.126. The van der Waals surface area contributed by atoms with E-state index < -0.39 is 6.36 Å². The first-order valence-electron chi connectivity index (χ1n) is 11.1. The Bertz CT molecular complexity index is 1180. The summed E-state index contributed by atoms with van der Waals surface area (Å²) < 4.78 is 38.2. The highest BCUT2D eigenvalue weighted by Crippen LogP contribution is 2.23. The number of benzene rings is 3. The summed E-state index contributed by atoms with van der Waals surface area (Å²) in [5.41, 5.74) is 2.64. The molecule has 0 saturated heterocycles. The third-order valence-electron chi connectivity index (χ3n) is 4.82. The molecule has 0 bridgehead atoms. The lowest BCUT2D eigenvalue weighted by atomic mass is 10.2. The summed E-state index contributed by atoms with van der Waals surface area (Å²) in [6.45, 7) is 5.03. The molecule has 0 radical (unpaired) electrons. The maximum atomic E-state index is 13.1. The van der Waals surface area contributed by atoms with Gasteiger partial charge in [0, 0.05) is 24.5 Å². The predicted octanol–water partition coefficient (Wildman–Crippen LogP) is 6.88. The monoisotopic (exact) mass is 494 g/mol. The quantitative estimate of drug-likeness (QED) is 0.374. The van der Waals surface area contributed by atoms with Crippen LogP contribution in [0.1, 0.15) is 31.4 Å². The van der Waals surface area contributed by atoms with Crippen molar-refractivity contribution in [3.05, 3.63) is 90.0 Å². The number of ether oxygens (including phenoxy) is 1. The average Bonchev–Trinajstić information content (AvgIpc) is 2.88. The van der Waals surface area contributed by atoms with Gasteiger partial charge in [-0.3, -0.25) is 9.80 Å². The molecule has 3 rings (SSSR count). The number of nitrogens with zero attached hydrogens (tertiary/aromatic N) is 4. The van der Waals surface area contributed by atoms with Crippen LogP contribution in [0, 0.1) is 22.7 Å². The SMILES string of the molecule is CCCN(C(=O)N(CC)c1ccc(C#N)cc1)c1ccc(C#N)cc1.FC(F)(F)Oc1ccccc1. The van der Waals surface area contributed by atoms with E-state index >= 15 is 0 Å². The third-order valence-corrected chi connectivity index (χ3v) is 4.82. The number of para-hydroxylation sites is 1. The van der Waals surface area contributed by atoms with E-state index in [2.05, 4.69) is 16.9 Å². The molecular formula is C27H25F3N4O2. The highest BCUT2D eigenvalue weighted by atomic mass is 19.4. The molecule has 0 aliphatic heterocycles. The third kappa shape index (κ3) is 8.37. The van der Waals surface area contributed by atoms with Gasteiger partial charge in [-0.2, -0.15) is 10.5 Å². The number of rotatable bonds is 6. The summed E-state index contributed by atoms with van der Waals surface area (Å²) in [7, 11) is 0. The molecule has 0 aliphatic rings. The fourth-order valence-electron chi connectivity index (χ4n) is 3.19. The summed E-state index contributed by atoms with van der Waals surface area (Å²) >= 11 is 0. The van der Waals surface area contributed by atoms with Gasteiger partial charge in [-0.15, -0.1) is 13.2 Å². The fourth-order valence-corrected chi connectivity index (χ4v) is 3.19. The first-order valence-corrected chi connectivity index (χ1v) is 11.1. The van der Waals surface area contributed by atoms with Gasteiger partial charge in [0.25, 0.3) is 0 Å². The van der Waals surface area contributed by atoms with Crippen molar-refractivity contribution >= 4 is 17.4 Å². The summed E-state index contributed by atoms with van der Waals surface area (Å²) in [5, 5.41) is 17.9. The molecule has 186 valence electrons. The molecule has 0 fully saturated rings. The van der Waals surface area contributed by atoms with E-state index in [1.54, 1.807) is 64.4 Å². The second-order valence-corrected chi connectivity index (χ2v) is 7.36. The van der Waals surface area contributed by atoms with Crippen molar-refractivity contribution in [1.29, 1.82) is 10.5 Å². The lowest BCUT2D eigenvalue weighted by Gasteiger charge is -2.30. The number of hydrogen-bond acceptors (Lipinski definition) is 4. The number of halogens is 3. The Morgan fingerprint density at radius 3 is 1.67 bits per heavy atom. The Kier molecular flexibility index (Phi) is 10.3. The van der Waals surface area contributed by atoms with Crippen LogP contribution in [-0.4, -0.2) is 25.5 Å². The van der Waals surface area contributed by atoms with Gasteiger partial charge in [0.2, 0.25) is 0 Å². The van der Waals surface area contributed by atoms with Crippen molar-refractivity contribution in [2.75, 3.05) is 22.9 Å². The molecule has 0 atom stereocenters. The number of anilines is 2. The Hall–Kier alpha value is -4.50. The predicted molar refractivity (Wildman–Crippen MR) is 131 cm³/mol. The normalized spacial score (nSPS) is 10.2. The molecule has 6 nitrogen and oxygen atoms in total. The molecule has 3 aromatic carbocycles. The van der Waals surface area contributed by atoms with E-state index in [9.17, 15) is 18.0 Å². The van der Waals surface area contributed by atoms with Gasteiger partial charge in [-0.25, -0.2) is 4.79 Å². The second-order valence-electron chi connectivity index (χ2n) is 7.36. The Balaban J connectivity index is 0.000000346. The van der Waals surface area contributed by atoms with Crippen molar-refractivity contribution in [3.8, 4) is 17.9 Å². The van der Waals surface area contributed by atoms with Crippen molar-refractivity contribution in [3.63, 3.8) is 0 Å². The molecule has 0 unspecified atom stereocenters. The summed E-state index contributed by atoms with van der Waals surface area (Å²) in [4.78, 5) is 16.5. The molecule has 36 heavy (non-hydrogen) atoms. The molecule has 0 aromatic heterocycles. The first-order chi connectivity index (χ1) is 17.2. The summed E-state index contributed by atoms with van der Waals surface area (Å²) in [6.07, 6.45) is -3.78. The zero-order valence-electron chi connectivity index (χ0n) is 19.9. The van der Waals surface area contributed by atoms with Crippen LogP contribution in [0.15, 0.2) is 78.9 Å². The van der Waals surface area contributed by atoms with Gasteiger partial charge in [0.15, 0.2) is 0 Å². The highest BCUT2D eigenvalue weighted by Gasteiger charge is 2.30. The molecule has 0 spiro atoms. The number of amides is 2. The fraction of sp³-hybridized carbons (Fsp3) is 0.222. The van der Waals surface area contributed by atoms with Crippen molar-refractivity contribution in [2.45, 2.75) is 26.6 Å². The molecule has 0 heterocycles. The number of urea groups is 1. The molecule has 9 heteroatoms. The van der Waals surface area contributed by atoms with E-state index in [-0.39, 0.29) is 11.8 Å². The zero-order valence-corrected chi connectivity index (χ0v) is 19.9. The van der Waals surface area contributed by atoms with E-state index in [0.717, 1.165) is 17.8 Å². The van der Waals surface area contributed by atoms with E-state index in [1.165, 1.54) is 24.3 Å². The van der Waals surface area contributed by atoms with Gasteiger partial charge >= 0.3 is 12.4 Å².